The highest BCUT2D eigenvalue weighted by Gasteiger charge is 2.41. The van der Waals surface area contributed by atoms with Crippen molar-refractivity contribution in [2.45, 2.75) is 58.8 Å². The van der Waals surface area contributed by atoms with E-state index in [4.69, 9.17) is 0 Å². The monoisotopic (exact) mass is 280 g/mol. The maximum absolute atomic E-state index is 12.5. The van der Waals surface area contributed by atoms with Gasteiger partial charge in [-0.05, 0) is 31.2 Å². The summed E-state index contributed by atoms with van der Waals surface area (Å²) in [5, 5.41) is 5.50. The van der Waals surface area contributed by atoms with Crippen molar-refractivity contribution in [2.75, 3.05) is 0 Å². The molecule has 1 aromatic rings. The van der Waals surface area contributed by atoms with E-state index in [2.05, 4.69) is 48.5 Å². The van der Waals surface area contributed by atoms with E-state index < -0.39 is 0 Å². The van der Waals surface area contributed by atoms with E-state index in [9.17, 15) is 4.79 Å². The molecule has 2 heterocycles. The molecule has 1 N–H and O–H groups in total. The van der Waals surface area contributed by atoms with Crippen LogP contribution < -0.4 is 5.32 Å². The lowest BCUT2D eigenvalue weighted by Gasteiger charge is -2.34. The van der Waals surface area contributed by atoms with E-state index in [-0.39, 0.29) is 24.2 Å². The van der Waals surface area contributed by atoms with Crippen LogP contribution in [0.5, 0.6) is 0 Å². The lowest BCUT2D eigenvalue weighted by atomic mass is 9.94. The molecule has 19 heavy (non-hydrogen) atoms. The van der Waals surface area contributed by atoms with Crippen LogP contribution in [-0.2, 0) is 4.79 Å². The van der Waals surface area contributed by atoms with Gasteiger partial charge >= 0.3 is 0 Å². The van der Waals surface area contributed by atoms with Gasteiger partial charge in [0.05, 0.1) is 6.04 Å². The molecule has 0 bridgehead atoms. The predicted octanol–water partition coefficient (Wildman–Crippen LogP) is 3.39. The molecule has 106 valence electrons. The summed E-state index contributed by atoms with van der Waals surface area (Å²) in [6.45, 7) is 8.57. The molecule has 2 rings (SSSR count). The van der Waals surface area contributed by atoms with Crippen LogP contribution in [0.4, 0.5) is 0 Å². The van der Waals surface area contributed by atoms with Crippen LogP contribution >= 0.6 is 11.3 Å². The summed E-state index contributed by atoms with van der Waals surface area (Å²) in [6, 6.07) is 4.37. The molecule has 1 saturated heterocycles. The molecular weight excluding hydrogens is 256 g/mol. The number of rotatable bonds is 5. The van der Waals surface area contributed by atoms with Gasteiger partial charge in [-0.25, -0.2) is 0 Å². The summed E-state index contributed by atoms with van der Waals surface area (Å²) in [5.74, 6) is 0.802. The average molecular weight is 280 g/mol. The Kier molecular flexibility index (Phi) is 4.63. The van der Waals surface area contributed by atoms with E-state index in [1.165, 1.54) is 4.88 Å². The highest BCUT2D eigenvalue weighted by molar-refractivity contribution is 7.10. The first kappa shape index (κ1) is 14.5. The largest absolute Gasteiger partial charge is 0.318 e. The molecule has 3 unspecified atom stereocenters. The molecule has 0 spiro atoms. The van der Waals surface area contributed by atoms with E-state index >= 15 is 0 Å². The van der Waals surface area contributed by atoms with Crippen molar-refractivity contribution < 1.29 is 4.79 Å². The van der Waals surface area contributed by atoms with Gasteiger partial charge in [-0.2, -0.15) is 0 Å². The molecule has 4 heteroatoms. The molecule has 1 aliphatic heterocycles. The number of hydrogen-bond acceptors (Lipinski definition) is 3. The first-order chi connectivity index (χ1) is 9.10. The second kappa shape index (κ2) is 6.06. The maximum atomic E-state index is 12.5. The molecule has 1 fully saturated rings. The van der Waals surface area contributed by atoms with Crippen LogP contribution in [-0.4, -0.2) is 22.9 Å². The maximum Gasteiger partial charge on any atom is 0.241 e. The summed E-state index contributed by atoms with van der Waals surface area (Å²) in [5.41, 5.74) is 0. The normalized spacial score (nSPS) is 25.3. The molecule has 1 amide bonds. The Morgan fingerprint density at radius 3 is 2.63 bits per heavy atom. The van der Waals surface area contributed by atoms with E-state index in [0.717, 1.165) is 12.8 Å². The summed E-state index contributed by atoms with van der Waals surface area (Å²) in [6.07, 6.45) is 2.29. The first-order valence-electron chi connectivity index (χ1n) is 7.21. The quantitative estimate of drug-likeness (QED) is 0.896. The highest BCUT2D eigenvalue weighted by Crippen LogP contribution is 2.33. The van der Waals surface area contributed by atoms with Gasteiger partial charge < -0.3 is 4.90 Å². The van der Waals surface area contributed by atoms with Gasteiger partial charge in [0.2, 0.25) is 5.91 Å². The van der Waals surface area contributed by atoms with Crippen LogP contribution in [0.1, 0.15) is 51.6 Å². The second-order valence-electron chi connectivity index (χ2n) is 5.37. The minimum atomic E-state index is -0.0797. The van der Waals surface area contributed by atoms with Crippen molar-refractivity contribution in [3.63, 3.8) is 0 Å². The third-order valence-electron chi connectivity index (χ3n) is 4.29. The fraction of sp³-hybridized carbons (Fsp3) is 0.667. The topological polar surface area (TPSA) is 32.3 Å². The van der Waals surface area contributed by atoms with Gasteiger partial charge in [0.15, 0.2) is 0 Å². The van der Waals surface area contributed by atoms with Gasteiger partial charge in [-0.15, -0.1) is 11.3 Å². The molecule has 0 radical (unpaired) electrons. The fourth-order valence-corrected chi connectivity index (χ4v) is 3.82. The van der Waals surface area contributed by atoms with Crippen LogP contribution in [0.3, 0.4) is 0 Å². The first-order valence-corrected chi connectivity index (χ1v) is 8.09. The number of nitrogens with zero attached hydrogens (tertiary/aromatic N) is 1. The van der Waals surface area contributed by atoms with Gasteiger partial charge in [0.1, 0.15) is 6.17 Å². The molecule has 0 saturated carbocycles. The van der Waals surface area contributed by atoms with Crippen molar-refractivity contribution in [1.29, 1.82) is 0 Å². The van der Waals surface area contributed by atoms with Gasteiger partial charge in [0, 0.05) is 10.9 Å². The molecular formula is C15H24N2OS. The lowest BCUT2D eigenvalue weighted by molar-refractivity contribution is -0.132. The fourth-order valence-electron chi connectivity index (χ4n) is 3.04. The number of nitrogens with one attached hydrogen (secondary N) is 1. The number of hydrogen-bond donors (Lipinski definition) is 1. The lowest BCUT2D eigenvalue weighted by Crippen LogP contribution is -2.42. The Balaban J connectivity index is 2.26. The van der Waals surface area contributed by atoms with Crippen LogP contribution in [0.2, 0.25) is 0 Å². The smallest absolute Gasteiger partial charge is 0.241 e. The zero-order valence-electron chi connectivity index (χ0n) is 12.2. The summed E-state index contributed by atoms with van der Waals surface area (Å²) < 4.78 is 0. The van der Waals surface area contributed by atoms with Crippen LogP contribution in [0.15, 0.2) is 17.5 Å². The molecule has 3 nitrogen and oxygen atoms in total. The molecule has 0 aliphatic carbocycles. The number of carbonyl (C=O) groups excluding carboxylic acids is 1. The molecule has 3 atom stereocenters. The zero-order chi connectivity index (χ0) is 14.0. The SMILES string of the molecule is CCC(CC)C(C)N1C(=O)C(C)NC1c1cccs1. The minimum absolute atomic E-state index is 0.0538. The van der Waals surface area contributed by atoms with E-state index in [1.807, 2.05) is 6.92 Å². The number of amides is 1. The summed E-state index contributed by atoms with van der Waals surface area (Å²) >= 11 is 1.72. The second-order valence-corrected chi connectivity index (χ2v) is 6.35. The van der Waals surface area contributed by atoms with Crippen molar-refractivity contribution in [3.05, 3.63) is 22.4 Å². The van der Waals surface area contributed by atoms with Gasteiger partial charge in [-0.1, -0.05) is 32.8 Å². The average Bonchev–Trinajstić information content (AvgIpc) is 3.00. The Bertz CT molecular complexity index is 414. The highest BCUT2D eigenvalue weighted by atomic mass is 32.1. The zero-order valence-corrected chi connectivity index (χ0v) is 13.0. The van der Waals surface area contributed by atoms with Crippen LogP contribution in [0.25, 0.3) is 0 Å². The summed E-state index contributed by atoms with van der Waals surface area (Å²) in [7, 11) is 0. The molecule has 0 aromatic carbocycles. The Morgan fingerprint density at radius 2 is 2.11 bits per heavy atom. The third kappa shape index (κ3) is 2.70. The number of carbonyl (C=O) groups is 1. The van der Waals surface area contributed by atoms with E-state index in [0.29, 0.717) is 5.92 Å². The van der Waals surface area contributed by atoms with Gasteiger partial charge in [0.25, 0.3) is 0 Å². The Hall–Kier alpha value is -0.870. The van der Waals surface area contributed by atoms with Crippen molar-refractivity contribution in [3.8, 4) is 0 Å². The Labute approximate surface area is 120 Å². The number of thiophene rings is 1. The van der Waals surface area contributed by atoms with Gasteiger partial charge in [-0.3, -0.25) is 10.1 Å². The van der Waals surface area contributed by atoms with Crippen molar-refractivity contribution in [2.24, 2.45) is 5.92 Å². The van der Waals surface area contributed by atoms with E-state index in [1.54, 1.807) is 11.3 Å². The molecule has 1 aromatic heterocycles. The third-order valence-corrected chi connectivity index (χ3v) is 5.22. The standard InChI is InChI=1S/C15H24N2OS/c1-5-12(6-2)11(4)17-14(13-8-7-9-19-13)16-10(3)15(17)18/h7-12,14,16H,5-6H2,1-4H3. The molecule has 1 aliphatic rings. The van der Waals surface area contributed by atoms with Crippen LogP contribution in [0, 0.1) is 5.92 Å². The summed E-state index contributed by atoms with van der Waals surface area (Å²) in [4.78, 5) is 15.8. The van der Waals surface area contributed by atoms with Crippen molar-refractivity contribution >= 4 is 17.2 Å². The van der Waals surface area contributed by atoms with Crippen molar-refractivity contribution in [1.82, 2.24) is 10.2 Å². The minimum Gasteiger partial charge on any atom is -0.318 e. The Morgan fingerprint density at radius 1 is 1.42 bits per heavy atom. The predicted molar refractivity (Wildman–Crippen MR) is 80.0 cm³/mol.